The lowest BCUT2D eigenvalue weighted by Crippen LogP contribution is -2.35. The summed E-state index contributed by atoms with van der Waals surface area (Å²) in [6.45, 7) is 2.06. The first-order valence-electron chi connectivity index (χ1n) is 7.29. The maximum absolute atomic E-state index is 12.3. The molecule has 21 heavy (non-hydrogen) atoms. The minimum atomic E-state index is -0.560. The highest BCUT2D eigenvalue weighted by atomic mass is 16.7. The molecule has 0 spiro atoms. The van der Waals surface area contributed by atoms with Gasteiger partial charge in [0, 0.05) is 0 Å². The van der Waals surface area contributed by atoms with Gasteiger partial charge in [-0.1, -0.05) is 37.0 Å². The Morgan fingerprint density at radius 1 is 1.19 bits per heavy atom. The zero-order valence-electron chi connectivity index (χ0n) is 11.9. The molecule has 3 rings (SSSR count). The van der Waals surface area contributed by atoms with Crippen LogP contribution in [0, 0.1) is 5.41 Å². The molecule has 110 valence electrons. The molecule has 0 bridgehead atoms. The van der Waals surface area contributed by atoms with Gasteiger partial charge >= 0.3 is 5.97 Å². The number of fused-ring (bicyclic) bond motifs is 1. The number of imide groups is 1. The molecule has 0 radical (unpaired) electrons. The smallest absolute Gasteiger partial charge is 0.329 e. The van der Waals surface area contributed by atoms with Crippen LogP contribution in [-0.4, -0.2) is 22.8 Å². The van der Waals surface area contributed by atoms with Crippen molar-refractivity contribution < 1.29 is 19.2 Å². The van der Waals surface area contributed by atoms with E-state index < -0.39 is 23.2 Å². The Hall–Kier alpha value is -2.17. The molecule has 2 aliphatic rings. The number of nitrogens with zero attached hydrogens (tertiary/aromatic N) is 1. The summed E-state index contributed by atoms with van der Waals surface area (Å²) in [4.78, 5) is 41.7. The van der Waals surface area contributed by atoms with Crippen molar-refractivity contribution in [2.45, 2.75) is 39.0 Å². The zero-order chi connectivity index (χ0) is 15.0. The summed E-state index contributed by atoms with van der Waals surface area (Å²) >= 11 is 0. The molecule has 0 unspecified atom stereocenters. The summed E-state index contributed by atoms with van der Waals surface area (Å²) in [5.74, 6) is -1.57. The van der Waals surface area contributed by atoms with Crippen LogP contribution < -0.4 is 0 Å². The highest BCUT2D eigenvalue weighted by molar-refractivity contribution is 6.20. The topological polar surface area (TPSA) is 63.7 Å². The molecule has 1 aliphatic heterocycles. The first-order chi connectivity index (χ1) is 10.1. The third kappa shape index (κ3) is 2.22. The number of benzene rings is 1. The first kappa shape index (κ1) is 13.8. The van der Waals surface area contributed by atoms with Crippen molar-refractivity contribution in [2.75, 3.05) is 0 Å². The van der Waals surface area contributed by atoms with E-state index in [0.29, 0.717) is 5.06 Å². The Morgan fingerprint density at radius 3 is 2.24 bits per heavy atom. The standard InChI is InChI=1S/C16H17NO4/c1-2-3-8-16(9-10-16)15(20)21-17-13(18)11-6-4-5-7-12(11)14(17)19/h4-7H,2-3,8-10H2,1H3. The van der Waals surface area contributed by atoms with Gasteiger partial charge in [0.15, 0.2) is 0 Å². The predicted octanol–water partition coefficient (Wildman–Crippen LogP) is 2.71. The van der Waals surface area contributed by atoms with Crippen molar-refractivity contribution in [2.24, 2.45) is 5.41 Å². The fourth-order valence-electron chi connectivity index (χ4n) is 2.65. The van der Waals surface area contributed by atoms with Crippen molar-refractivity contribution in [1.82, 2.24) is 5.06 Å². The lowest BCUT2D eigenvalue weighted by atomic mass is 10.00. The van der Waals surface area contributed by atoms with Gasteiger partial charge in [-0.2, -0.15) is 0 Å². The maximum atomic E-state index is 12.3. The molecule has 0 aromatic heterocycles. The van der Waals surface area contributed by atoms with E-state index in [1.54, 1.807) is 24.3 Å². The number of rotatable bonds is 5. The fraction of sp³-hybridized carbons (Fsp3) is 0.438. The average Bonchev–Trinajstić information content (AvgIpc) is 3.26. The second kappa shape index (κ2) is 4.98. The SMILES string of the molecule is CCCCC1(C(=O)ON2C(=O)c3ccccc3C2=O)CC1. The normalized spacial score (nSPS) is 18.6. The highest BCUT2D eigenvalue weighted by Gasteiger charge is 2.53. The fourth-order valence-corrected chi connectivity index (χ4v) is 2.65. The van der Waals surface area contributed by atoms with Gasteiger partial charge in [-0.25, -0.2) is 4.79 Å². The summed E-state index contributed by atoms with van der Waals surface area (Å²) in [5.41, 5.74) is 0.0909. The van der Waals surface area contributed by atoms with E-state index in [2.05, 4.69) is 6.92 Å². The van der Waals surface area contributed by atoms with E-state index in [4.69, 9.17) is 4.84 Å². The molecule has 1 aromatic rings. The molecule has 1 aromatic carbocycles. The molecule has 1 saturated carbocycles. The first-order valence-corrected chi connectivity index (χ1v) is 7.29. The molecular formula is C16H17NO4. The summed E-state index contributed by atoms with van der Waals surface area (Å²) in [6, 6.07) is 6.48. The third-order valence-electron chi connectivity index (χ3n) is 4.23. The van der Waals surface area contributed by atoms with Gasteiger partial charge in [0.1, 0.15) is 0 Å². The van der Waals surface area contributed by atoms with Crippen LogP contribution in [0.25, 0.3) is 0 Å². The van der Waals surface area contributed by atoms with E-state index in [1.807, 2.05) is 0 Å². The molecule has 0 saturated heterocycles. The van der Waals surface area contributed by atoms with Gasteiger partial charge in [-0.05, 0) is 31.4 Å². The van der Waals surface area contributed by atoms with Crippen LogP contribution in [0.15, 0.2) is 24.3 Å². The molecule has 1 heterocycles. The van der Waals surface area contributed by atoms with E-state index in [9.17, 15) is 14.4 Å². The van der Waals surface area contributed by atoms with Gasteiger partial charge in [0.05, 0.1) is 16.5 Å². The number of hydroxylamine groups is 2. The largest absolute Gasteiger partial charge is 0.339 e. The van der Waals surface area contributed by atoms with Crippen LogP contribution in [0.1, 0.15) is 59.7 Å². The van der Waals surface area contributed by atoms with E-state index >= 15 is 0 Å². The second-order valence-electron chi connectivity index (χ2n) is 5.71. The summed E-state index contributed by atoms with van der Waals surface area (Å²) in [6.07, 6.45) is 4.24. The molecule has 2 amide bonds. The van der Waals surface area contributed by atoms with Gasteiger partial charge in [0.2, 0.25) is 0 Å². The molecule has 1 aliphatic carbocycles. The van der Waals surface area contributed by atoms with Gasteiger partial charge in [-0.3, -0.25) is 9.59 Å². The summed E-state index contributed by atoms with van der Waals surface area (Å²) in [7, 11) is 0. The number of amides is 2. The Bertz CT molecular complexity index is 583. The molecule has 0 atom stereocenters. The molecule has 5 heteroatoms. The van der Waals surface area contributed by atoms with E-state index in [0.717, 1.165) is 32.1 Å². The van der Waals surface area contributed by atoms with Crippen LogP contribution >= 0.6 is 0 Å². The number of hydrogen-bond acceptors (Lipinski definition) is 4. The Labute approximate surface area is 122 Å². The van der Waals surface area contributed by atoms with Crippen LogP contribution in [0.3, 0.4) is 0 Å². The quantitative estimate of drug-likeness (QED) is 0.781. The summed E-state index contributed by atoms with van der Waals surface area (Å²) in [5, 5.41) is 0.610. The molecule has 1 fully saturated rings. The number of carbonyl (C=O) groups is 3. The van der Waals surface area contributed by atoms with Crippen molar-refractivity contribution >= 4 is 17.8 Å². The maximum Gasteiger partial charge on any atom is 0.339 e. The zero-order valence-corrected chi connectivity index (χ0v) is 11.9. The number of hydrogen-bond donors (Lipinski definition) is 0. The average molecular weight is 287 g/mol. The van der Waals surface area contributed by atoms with Crippen molar-refractivity contribution in [3.8, 4) is 0 Å². The third-order valence-corrected chi connectivity index (χ3v) is 4.23. The number of carbonyl (C=O) groups excluding carboxylic acids is 3. The minimum Gasteiger partial charge on any atom is -0.329 e. The van der Waals surface area contributed by atoms with Gasteiger partial charge in [-0.15, -0.1) is 0 Å². The van der Waals surface area contributed by atoms with Crippen molar-refractivity contribution in [1.29, 1.82) is 0 Å². The lowest BCUT2D eigenvalue weighted by molar-refractivity contribution is -0.175. The highest BCUT2D eigenvalue weighted by Crippen LogP contribution is 2.51. The minimum absolute atomic E-state index is 0.286. The van der Waals surface area contributed by atoms with Gasteiger partial charge < -0.3 is 4.84 Å². The second-order valence-corrected chi connectivity index (χ2v) is 5.71. The molecular weight excluding hydrogens is 270 g/mol. The van der Waals surface area contributed by atoms with E-state index in [-0.39, 0.29) is 11.1 Å². The van der Waals surface area contributed by atoms with E-state index in [1.165, 1.54) is 0 Å². The number of unbranched alkanes of at least 4 members (excludes halogenated alkanes) is 1. The Balaban J connectivity index is 1.74. The van der Waals surface area contributed by atoms with Crippen molar-refractivity contribution in [3.05, 3.63) is 35.4 Å². The Morgan fingerprint density at radius 2 is 1.76 bits per heavy atom. The lowest BCUT2D eigenvalue weighted by Gasteiger charge is -2.18. The van der Waals surface area contributed by atoms with Crippen molar-refractivity contribution in [3.63, 3.8) is 0 Å². The molecule has 5 nitrogen and oxygen atoms in total. The predicted molar refractivity (Wildman–Crippen MR) is 74.2 cm³/mol. The van der Waals surface area contributed by atoms with Crippen LogP contribution in [0.4, 0.5) is 0 Å². The van der Waals surface area contributed by atoms with Gasteiger partial charge in [0.25, 0.3) is 11.8 Å². The Kier molecular flexibility index (Phi) is 3.27. The van der Waals surface area contributed by atoms with Crippen LogP contribution in [0.5, 0.6) is 0 Å². The molecule has 0 N–H and O–H groups in total. The van der Waals surface area contributed by atoms with Crippen LogP contribution in [0.2, 0.25) is 0 Å². The monoisotopic (exact) mass is 287 g/mol. The van der Waals surface area contributed by atoms with Crippen LogP contribution in [-0.2, 0) is 9.63 Å². The summed E-state index contributed by atoms with van der Waals surface area (Å²) < 4.78 is 0.